The van der Waals surface area contributed by atoms with E-state index in [1.165, 1.54) is 33.4 Å². The van der Waals surface area contributed by atoms with Crippen molar-refractivity contribution in [1.29, 1.82) is 0 Å². The van der Waals surface area contributed by atoms with Gasteiger partial charge in [0.25, 0.3) is 0 Å². The molecule has 0 atom stereocenters. The van der Waals surface area contributed by atoms with Crippen molar-refractivity contribution in [3.05, 3.63) is 163 Å². The number of hydrogen-bond acceptors (Lipinski definition) is 2. The minimum absolute atomic E-state index is 0.194. The van der Waals surface area contributed by atoms with Gasteiger partial charge in [-0.3, -0.25) is 0 Å². The molecule has 0 bridgehead atoms. The molecule has 0 N–H and O–H groups in total. The lowest BCUT2D eigenvalue weighted by atomic mass is 9.75. The third-order valence-electron chi connectivity index (χ3n) is 8.15. The van der Waals surface area contributed by atoms with E-state index in [-0.39, 0.29) is 5.41 Å². The van der Waals surface area contributed by atoms with Crippen LogP contribution in [0, 0.1) is 0 Å². The van der Waals surface area contributed by atoms with E-state index in [4.69, 9.17) is 4.74 Å². The Balaban J connectivity index is 1.37. The zero-order valence-corrected chi connectivity index (χ0v) is 23.3. The molecule has 1 aliphatic heterocycles. The maximum absolute atomic E-state index is 6.71. The second kappa shape index (κ2) is 10.1. The SMILES string of the molecule is CC1(C)c2ccccc2Oc2c(N(c3ccc(-c4ccccc4)cc3)c3ccc(-c4ccccc4)cc3)cccc21. The summed E-state index contributed by atoms with van der Waals surface area (Å²) in [5, 5.41) is 0. The Morgan fingerprint density at radius 2 is 0.902 bits per heavy atom. The molecule has 0 aliphatic carbocycles. The first kappa shape index (κ1) is 24.9. The first-order valence-electron chi connectivity index (χ1n) is 14.1. The fourth-order valence-electron chi connectivity index (χ4n) is 5.92. The summed E-state index contributed by atoms with van der Waals surface area (Å²) in [6, 6.07) is 53.5. The molecule has 1 aliphatic rings. The number of para-hydroxylation sites is 2. The summed E-state index contributed by atoms with van der Waals surface area (Å²) in [5.41, 5.74) is 10.1. The van der Waals surface area contributed by atoms with E-state index in [2.05, 4.69) is 164 Å². The minimum Gasteiger partial charge on any atom is -0.455 e. The van der Waals surface area contributed by atoms with Crippen LogP contribution in [0.5, 0.6) is 11.5 Å². The van der Waals surface area contributed by atoms with Gasteiger partial charge in [0.05, 0.1) is 5.69 Å². The van der Waals surface area contributed by atoms with Crippen LogP contribution in [0.2, 0.25) is 0 Å². The van der Waals surface area contributed by atoms with Crippen molar-refractivity contribution < 1.29 is 4.74 Å². The molecule has 0 saturated heterocycles. The summed E-state index contributed by atoms with van der Waals surface area (Å²) in [7, 11) is 0. The third kappa shape index (κ3) is 4.48. The molecule has 6 aromatic rings. The predicted octanol–water partition coefficient (Wildman–Crippen LogP) is 10.9. The van der Waals surface area contributed by atoms with Gasteiger partial charge in [0.15, 0.2) is 5.75 Å². The van der Waals surface area contributed by atoms with Gasteiger partial charge in [-0.15, -0.1) is 0 Å². The highest BCUT2D eigenvalue weighted by atomic mass is 16.5. The van der Waals surface area contributed by atoms with Crippen LogP contribution in [-0.4, -0.2) is 0 Å². The first-order chi connectivity index (χ1) is 20.1. The van der Waals surface area contributed by atoms with Gasteiger partial charge < -0.3 is 9.64 Å². The average Bonchev–Trinajstić information content (AvgIpc) is 3.03. The molecule has 2 nitrogen and oxygen atoms in total. The van der Waals surface area contributed by atoms with Crippen LogP contribution in [-0.2, 0) is 5.41 Å². The molecule has 2 heteroatoms. The maximum Gasteiger partial charge on any atom is 0.155 e. The van der Waals surface area contributed by atoms with Crippen LogP contribution < -0.4 is 9.64 Å². The highest BCUT2D eigenvalue weighted by Gasteiger charge is 2.36. The van der Waals surface area contributed by atoms with Crippen LogP contribution in [0.25, 0.3) is 22.3 Å². The molecule has 0 amide bonds. The van der Waals surface area contributed by atoms with Crippen molar-refractivity contribution in [3.63, 3.8) is 0 Å². The average molecular weight is 530 g/mol. The molecule has 0 fully saturated rings. The fourth-order valence-corrected chi connectivity index (χ4v) is 5.92. The van der Waals surface area contributed by atoms with Gasteiger partial charge in [-0.2, -0.15) is 0 Å². The van der Waals surface area contributed by atoms with E-state index in [9.17, 15) is 0 Å². The van der Waals surface area contributed by atoms with E-state index in [0.717, 1.165) is 28.6 Å². The molecule has 7 rings (SSSR count). The van der Waals surface area contributed by atoms with Crippen molar-refractivity contribution in [3.8, 4) is 33.8 Å². The van der Waals surface area contributed by atoms with Crippen molar-refractivity contribution >= 4 is 17.1 Å². The predicted molar refractivity (Wildman–Crippen MR) is 171 cm³/mol. The van der Waals surface area contributed by atoms with Gasteiger partial charge in [0.2, 0.25) is 0 Å². The molecular weight excluding hydrogens is 498 g/mol. The third-order valence-corrected chi connectivity index (χ3v) is 8.15. The standard InChI is InChI=1S/C39H31NO/c1-39(2)34-16-9-10-19-37(34)41-38-35(39)17-11-18-36(38)40(32-24-20-30(21-25-32)28-12-5-3-6-13-28)33-26-22-31(23-27-33)29-14-7-4-8-15-29/h3-27H,1-2H3. The lowest BCUT2D eigenvalue weighted by molar-refractivity contribution is 0.419. The van der Waals surface area contributed by atoms with Crippen LogP contribution in [0.1, 0.15) is 25.0 Å². The van der Waals surface area contributed by atoms with Crippen molar-refractivity contribution in [2.45, 2.75) is 19.3 Å². The summed E-state index contributed by atoms with van der Waals surface area (Å²) in [4.78, 5) is 2.31. The molecule has 6 aromatic carbocycles. The number of benzene rings is 6. The van der Waals surface area contributed by atoms with Crippen LogP contribution in [0.3, 0.4) is 0 Å². The quantitative estimate of drug-likeness (QED) is 0.220. The largest absolute Gasteiger partial charge is 0.455 e. The highest BCUT2D eigenvalue weighted by Crippen LogP contribution is 2.53. The van der Waals surface area contributed by atoms with Gasteiger partial charge in [-0.05, 0) is 58.7 Å². The van der Waals surface area contributed by atoms with Gasteiger partial charge in [0, 0.05) is 27.9 Å². The van der Waals surface area contributed by atoms with Crippen molar-refractivity contribution in [1.82, 2.24) is 0 Å². The lowest BCUT2D eigenvalue weighted by Gasteiger charge is -2.37. The lowest BCUT2D eigenvalue weighted by Crippen LogP contribution is -2.25. The molecule has 0 unspecified atom stereocenters. The normalized spacial score (nSPS) is 13.0. The Bertz CT molecular complexity index is 1720. The number of ether oxygens (including phenoxy) is 1. The van der Waals surface area contributed by atoms with E-state index in [1.54, 1.807) is 0 Å². The van der Waals surface area contributed by atoms with Crippen LogP contribution >= 0.6 is 0 Å². The fraction of sp³-hybridized carbons (Fsp3) is 0.0769. The Morgan fingerprint density at radius 3 is 1.46 bits per heavy atom. The molecular formula is C39H31NO. The summed E-state index contributed by atoms with van der Waals surface area (Å²) in [6.07, 6.45) is 0. The van der Waals surface area contributed by atoms with Gasteiger partial charge in [-0.1, -0.05) is 129 Å². The Hall–Kier alpha value is -5.08. The monoisotopic (exact) mass is 529 g/mol. The molecule has 198 valence electrons. The Kier molecular flexibility index (Phi) is 6.17. The summed E-state index contributed by atoms with van der Waals surface area (Å²) < 4.78 is 6.71. The van der Waals surface area contributed by atoms with Crippen LogP contribution in [0.4, 0.5) is 17.1 Å². The molecule has 41 heavy (non-hydrogen) atoms. The van der Waals surface area contributed by atoms with Crippen molar-refractivity contribution in [2.24, 2.45) is 0 Å². The van der Waals surface area contributed by atoms with Gasteiger partial charge in [-0.25, -0.2) is 0 Å². The maximum atomic E-state index is 6.71. The topological polar surface area (TPSA) is 12.5 Å². The van der Waals surface area contributed by atoms with Gasteiger partial charge in [0.1, 0.15) is 5.75 Å². The molecule has 1 heterocycles. The molecule has 0 radical (unpaired) electrons. The number of nitrogens with zero attached hydrogens (tertiary/aromatic N) is 1. The molecule has 0 spiro atoms. The minimum atomic E-state index is -0.194. The number of hydrogen-bond donors (Lipinski definition) is 0. The number of fused-ring (bicyclic) bond motifs is 2. The van der Waals surface area contributed by atoms with E-state index in [0.29, 0.717) is 0 Å². The zero-order chi connectivity index (χ0) is 27.8. The van der Waals surface area contributed by atoms with Crippen molar-refractivity contribution in [2.75, 3.05) is 4.90 Å². The molecule has 0 aromatic heterocycles. The zero-order valence-electron chi connectivity index (χ0n) is 23.3. The van der Waals surface area contributed by atoms with Crippen LogP contribution in [0.15, 0.2) is 152 Å². The second-order valence-corrected chi connectivity index (χ2v) is 11.0. The summed E-state index contributed by atoms with van der Waals surface area (Å²) >= 11 is 0. The van der Waals surface area contributed by atoms with Gasteiger partial charge >= 0.3 is 0 Å². The highest BCUT2D eigenvalue weighted by molar-refractivity contribution is 5.84. The molecule has 0 saturated carbocycles. The van der Waals surface area contributed by atoms with E-state index < -0.39 is 0 Å². The number of anilines is 3. The number of rotatable bonds is 5. The Morgan fingerprint density at radius 1 is 0.439 bits per heavy atom. The second-order valence-electron chi connectivity index (χ2n) is 11.0. The summed E-state index contributed by atoms with van der Waals surface area (Å²) in [5.74, 6) is 1.81. The summed E-state index contributed by atoms with van der Waals surface area (Å²) in [6.45, 7) is 4.56. The van der Waals surface area contributed by atoms with E-state index in [1.807, 2.05) is 6.07 Å². The first-order valence-corrected chi connectivity index (χ1v) is 14.1. The smallest absolute Gasteiger partial charge is 0.155 e. The Labute approximate surface area is 242 Å². The van der Waals surface area contributed by atoms with E-state index >= 15 is 0 Å².